The Bertz CT molecular complexity index is 931. The van der Waals surface area contributed by atoms with E-state index in [-0.39, 0.29) is 22.0 Å². The van der Waals surface area contributed by atoms with Crippen molar-refractivity contribution in [3.8, 4) is 16.9 Å². The van der Waals surface area contributed by atoms with Crippen molar-refractivity contribution in [1.82, 2.24) is 9.97 Å². The third-order valence-corrected chi connectivity index (χ3v) is 3.39. The summed E-state index contributed by atoms with van der Waals surface area (Å²) < 4.78 is 5.29. The topological polar surface area (TPSA) is 92.3 Å². The molecule has 0 bridgehead atoms. The van der Waals surface area contributed by atoms with Crippen LogP contribution in [-0.2, 0) is 0 Å². The molecule has 22 heavy (non-hydrogen) atoms. The molecule has 0 spiro atoms. The number of carboxylic acids is 1. The molecule has 0 aliphatic heterocycles. The van der Waals surface area contributed by atoms with E-state index in [1.807, 2.05) is 12.1 Å². The largest absolute Gasteiger partial charge is 0.496 e. The molecule has 0 fully saturated rings. The number of hydrogen-bond acceptors (Lipinski definition) is 4. The van der Waals surface area contributed by atoms with E-state index in [4.69, 9.17) is 4.74 Å². The van der Waals surface area contributed by atoms with Crippen molar-refractivity contribution in [2.75, 3.05) is 7.11 Å². The van der Waals surface area contributed by atoms with E-state index in [9.17, 15) is 14.7 Å². The predicted octanol–water partition coefficient (Wildman–Crippen LogP) is 2.30. The van der Waals surface area contributed by atoms with E-state index < -0.39 is 5.97 Å². The summed E-state index contributed by atoms with van der Waals surface area (Å²) in [6.07, 6.45) is 1.19. The molecular formula is C16H12N2O4. The third-order valence-electron chi connectivity index (χ3n) is 3.39. The number of para-hydroxylation sites is 1. The van der Waals surface area contributed by atoms with Gasteiger partial charge in [-0.2, -0.15) is 0 Å². The van der Waals surface area contributed by atoms with Crippen molar-refractivity contribution >= 4 is 16.9 Å². The number of hydrogen-bond donors (Lipinski definition) is 2. The molecule has 3 aromatic rings. The summed E-state index contributed by atoms with van der Waals surface area (Å²) in [5, 5.41) is 9.61. The fourth-order valence-corrected chi connectivity index (χ4v) is 2.38. The van der Waals surface area contributed by atoms with Crippen LogP contribution in [0.2, 0.25) is 0 Å². The normalized spacial score (nSPS) is 10.6. The molecule has 3 rings (SSSR count). The highest BCUT2D eigenvalue weighted by Gasteiger charge is 2.16. The minimum atomic E-state index is -1.14. The first-order chi connectivity index (χ1) is 10.6. The maximum absolute atomic E-state index is 12.0. The number of benzene rings is 2. The lowest BCUT2D eigenvalue weighted by Gasteiger charge is -2.10. The van der Waals surface area contributed by atoms with Crippen LogP contribution in [0.3, 0.4) is 0 Å². The minimum absolute atomic E-state index is 0.0236. The maximum atomic E-state index is 12.0. The number of nitrogens with zero attached hydrogens (tertiary/aromatic N) is 1. The Labute approximate surface area is 125 Å². The Morgan fingerprint density at radius 2 is 2.05 bits per heavy atom. The number of rotatable bonds is 3. The summed E-state index contributed by atoms with van der Waals surface area (Å²) in [6, 6.07) is 10.3. The van der Waals surface area contributed by atoms with Crippen LogP contribution in [0, 0.1) is 0 Å². The molecule has 0 amide bonds. The highest BCUT2D eigenvalue weighted by Crippen LogP contribution is 2.32. The van der Waals surface area contributed by atoms with Crippen molar-refractivity contribution in [3.05, 3.63) is 58.6 Å². The van der Waals surface area contributed by atoms with Crippen molar-refractivity contribution in [2.24, 2.45) is 0 Å². The molecule has 0 radical (unpaired) electrons. The Morgan fingerprint density at radius 3 is 2.77 bits per heavy atom. The summed E-state index contributed by atoms with van der Waals surface area (Å²) in [6.45, 7) is 0. The number of aromatic carboxylic acids is 1. The molecule has 110 valence electrons. The number of fused-ring (bicyclic) bond motifs is 1. The first kappa shape index (κ1) is 13.8. The zero-order valence-electron chi connectivity index (χ0n) is 11.7. The molecule has 0 atom stereocenters. The summed E-state index contributed by atoms with van der Waals surface area (Å²) in [5.74, 6) is -0.543. The molecule has 2 N–H and O–H groups in total. The van der Waals surface area contributed by atoms with Gasteiger partial charge in [0.05, 0.1) is 29.9 Å². The summed E-state index contributed by atoms with van der Waals surface area (Å²) in [7, 11) is 1.53. The molecule has 0 unspecified atom stereocenters. The van der Waals surface area contributed by atoms with E-state index in [1.165, 1.54) is 19.5 Å². The molecule has 1 heterocycles. The van der Waals surface area contributed by atoms with Gasteiger partial charge in [0.1, 0.15) is 5.75 Å². The number of methoxy groups -OCH3 is 1. The van der Waals surface area contributed by atoms with E-state index in [2.05, 4.69) is 9.97 Å². The number of nitrogens with one attached hydrogen (secondary N) is 1. The average Bonchev–Trinajstić information content (AvgIpc) is 2.54. The van der Waals surface area contributed by atoms with Crippen LogP contribution in [0.15, 0.2) is 47.5 Å². The number of H-pyrrole nitrogens is 1. The van der Waals surface area contributed by atoms with Crippen molar-refractivity contribution in [2.45, 2.75) is 0 Å². The van der Waals surface area contributed by atoms with Crippen LogP contribution in [0.25, 0.3) is 22.0 Å². The van der Waals surface area contributed by atoms with Gasteiger partial charge in [-0.1, -0.05) is 18.2 Å². The molecule has 2 aromatic carbocycles. The van der Waals surface area contributed by atoms with Gasteiger partial charge in [0.15, 0.2) is 0 Å². The van der Waals surface area contributed by atoms with Gasteiger partial charge >= 0.3 is 5.97 Å². The SMILES string of the molecule is COc1ccccc1-c1cc(C(=O)O)c2nc[nH]c(=O)c2c1. The standard InChI is InChI=1S/C16H12N2O4/c1-22-13-5-3-2-4-10(13)9-6-11-14(12(7-9)16(20)21)17-8-18-15(11)19/h2-8H,1H3,(H,20,21)(H,17,18,19). The molecule has 0 aliphatic carbocycles. The highest BCUT2D eigenvalue weighted by molar-refractivity contribution is 6.03. The Kier molecular flexibility index (Phi) is 3.34. The van der Waals surface area contributed by atoms with E-state index in [1.54, 1.807) is 18.2 Å². The van der Waals surface area contributed by atoms with E-state index >= 15 is 0 Å². The quantitative estimate of drug-likeness (QED) is 0.773. The highest BCUT2D eigenvalue weighted by atomic mass is 16.5. The number of ether oxygens (including phenoxy) is 1. The van der Waals surface area contributed by atoms with Gasteiger partial charge in [-0.15, -0.1) is 0 Å². The van der Waals surface area contributed by atoms with Crippen LogP contribution in [-0.4, -0.2) is 28.2 Å². The van der Waals surface area contributed by atoms with Gasteiger partial charge < -0.3 is 14.8 Å². The van der Waals surface area contributed by atoms with Crippen molar-refractivity contribution < 1.29 is 14.6 Å². The minimum Gasteiger partial charge on any atom is -0.496 e. The molecule has 6 nitrogen and oxygen atoms in total. The van der Waals surface area contributed by atoms with Gasteiger partial charge in [-0.05, 0) is 23.8 Å². The smallest absolute Gasteiger partial charge is 0.337 e. The second-order valence-electron chi connectivity index (χ2n) is 4.66. The molecule has 0 aliphatic rings. The molecular weight excluding hydrogens is 284 g/mol. The molecule has 0 saturated carbocycles. The van der Waals surface area contributed by atoms with Gasteiger partial charge in [0, 0.05) is 5.56 Å². The van der Waals surface area contributed by atoms with Crippen LogP contribution < -0.4 is 10.3 Å². The lowest BCUT2D eigenvalue weighted by atomic mass is 9.99. The van der Waals surface area contributed by atoms with Crippen molar-refractivity contribution in [3.63, 3.8) is 0 Å². The second-order valence-corrected chi connectivity index (χ2v) is 4.66. The zero-order chi connectivity index (χ0) is 15.7. The first-order valence-electron chi connectivity index (χ1n) is 6.50. The fourth-order valence-electron chi connectivity index (χ4n) is 2.38. The van der Waals surface area contributed by atoms with Gasteiger partial charge in [-0.25, -0.2) is 9.78 Å². The van der Waals surface area contributed by atoms with E-state index in [0.29, 0.717) is 16.9 Å². The molecule has 0 saturated heterocycles. The van der Waals surface area contributed by atoms with Gasteiger partial charge in [0.25, 0.3) is 5.56 Å². The summed E-state index contributed by atoms with van der Waals surface area (Å²) in [4.78, 5) is 29.9. The lowest BCUT2D eigenvalue weighted by molar-refractivity contribution is 0.0699. The Balaban J connectivity index is 2.39. The molecule has 1 aromatic heterocycles. The number of carboxylic acid groups (broad SMARTS) is 1. The average molecular weight is 296 g/mol. The van der Waals surface area contributed by atoms with Crippen molar-refractivity contribution in [1.29, 1.82) is 0 Å². The molecule has 6 heteroatoms. The monoisotopic (exact) mass is 296 g/mol. The number of carbonyl (C=O) groups is 1. The van der Waals surface area contributed by atoms with Crippen LogP contribution >= 0.6 is 0 Å². The number of aromatic amines is 1. The first-order valence-corrected chi connectivity index (χ1v) is 6.50. The summed E-state index contributed by atoms with van der Waals surface area (Å²) in [5.41, 5.74) is 1.04. The van der Waals surface area contributed by atoms with Crippen LogP contribution in [0.4, 0.5) is 0 Å². The summed E-state index contributed by atoms with van der Waals surface area (Å²) >= 11 is 0. The maximum Gasteiger partial charge on any atom is 0.337 e. The van der Waals surface area contributed by atoms with Crippen LogP contribution in [0.5, 0.6) is 5.75 Å². The Morgan fingerprint density at radius 1 is 1.27 bits per heavy atom. The second kappa shape index (κ2) is 5.33. The van der Waals surface area contributed by atoms with Gasteiger partial charge in [-0.3, -0.25) is 4.79 Å². The zero-order valence-corrected chi connectivity index (χ0v) is 11.7. The Hall–Kier alpha value is -3.15. The van der Waals surface area contributed by atoms with Gasteiger partial charge in [0.2, 0.25) is 0 Å². The van der Waals surface area contributed by atoms with Crippen LogP contribution in [0.1, 0.15) is 10.4 Å². The third kappa shape index (κ3) is 2.20. The van der Waals surface area contributed by atoms with E-state index in [0.717, 1.165) is 0 Å². The number of aromatic nitrogens is 2. The predicted molar refractivity (Wildman–Crippen MR) is 81.3 cm³/mol. The lowest BCUT2D eigenvalue weighted by Crippen LogP contribution is -2.10. The fraction of sp³-hybridized carbons (Fsp3) is 0.0625.